The lowest BCUT2D eigenvalue weighted by molar-refractivity contribution is -0.140. The summed E-state index contributed by atoms with van der Waals surface area (Å²) in [7, 11) is 0. The van der Waals surface area contributed by atoms with Gasteiger partial charge in [-0.05, 0) is 32.3 Å². The molecule has 0 bridgehead atoms. The predicted octanol–water partition coefficient (Wildman–Crippen LogP) is 3.81. The number of allylic oxidation sites excluding steroid dienone is 1. The molecule has 138 valence electrons. The maximum Gasteiger partial charge on any atom is 0.333 e. The van der Waals surface area contributed by atoms with Crippen LogP contribution >= 0.6 is 0 Å². The monoisotopic (exact) mass is 340 g/mol. The van der Waals surface area contributed by atoms with E-state index in [0.29, 0.717) is 37.8 Å². The number of ether oxygens (including phenoxy) is 4. The Morgan fingerprint density at radius 2 is 1.17 bits per heavy atom. The van der Waals surface area contributed by atoms with E-state index < -0.39 is 0 Å². The standard InChI is InChI=1S/C19H32O5/c1-16(2)18(5)23-14-12-21-10-8-6-7-9-11-22-13-15-24-19(20)17(3)4/h1,3,5-15H2,2,4H3. The number of carbonyl (C=O) groups is 1. The molecule has 0 rings (SSSR count). The first kappa shape index (κ1) is 22.4. The molecule has 0 amide bonds. The summed E-state index contributed by atoms with van der Waals surface area (Å²) in [6.07, 6.45) is 4.22. The first-order chi connectivity index (χ1) is 11.4. The summed E-state index contributed by atoms with van der Waals surface area (Å²) in [4.78, 5) is 11.1. The fourth-order valence-electron chi connectivity index (χ4n) is 1.63. The van der Waals surface area contributed by atoms with Crippen LogP contribution in [0.2, 0.25) is 0 Å². The number of hydrogen-bond donors (Lipinski definition) is 0. The lowest BCUT2D eigenvalue weighted by Crippen LogP contribution is -2.11. The highest BCUT2D eigenvalue weighted by atomic mass is 16.6. The maximum absolute atomic E-state index is 11.1. The van der Waals surface area contributed by atoms with Gasteiger partial charge in [0.2, 0.25) is 0 Å². The Kier molecular flexibility index (Phi) is 14.0. The van der Waals surface area contributed by atoms with E-state index in [-0.39, 0.29) is 12.6 Å². The minimum absolute atomic E-state index is 0.277. The zero-order chi connectivity index (χ0) is 18.2. The van der Waals surface area contributed by atoms with Gasteiger partial charge < -0.3 is 18.9 Å². The van der Waals surface area contributed by atoms with Crippen LogP contribution < -0.4 is 0 Å². The average molecular weight is 340 g/mol. The second-order valence-electron chi connectivity index (χ2n) is 5.61. The Bertz CT molecular complexity index is 363. The molecule has 0 aromatic carbocycles. The zero-order valence-corrected chi connectivity index (χ0v) is 15.2. The topological polar surface area (TPSA) is 54.0 Å². The van der Waals surface area contributed by atoms with Gasteiger partial charge in [-0.3, -0.25) is 0 Å². The molecule has 0 fully saturated rings. The number of unbranched alkanes of at least 4 members (excludes halogenated alkanes) is 3. The van der Waals surface area contributed by atoms with Crippen molar-refractivity contribution in [3.8, 4) is 0 Å². The Hall–Kier alpha value is -1.59. The largest absolute Gasteiger partial charge is 0.492 e. The maximum atomic E-state index is 11.1. The van der Waals surface area contributed by atoms with Crippen LogP contribution in [0.4, 0.5) is 0 Å². The molecule has 0 atom stereocenters. The summed E-state index contributed by atoms with van der Waals surface area (Å²) >= 11 is 0. The van der Waals surface area contributed by atoms with Gasteiger partial charge >= 0.3 is 5.97 Å². The van der Waals surface area contributed by atoms with Crippen molar-refractivity contribution >= 4 is 5.97 Å². The van der Waals surface area contributed by atoms with Crippen LogP contribution in [-0.4, -0.2) is 45.6 Å². The summed E-state index contributed by atoms with van der Waals surface area (Å²) < 4.78 is 21.2. The van der Waals surface area contributed by atoms with Gasteiger partial charge in [0.15, 0.2) is 0 Å². The third-order valence-corrected chi connectivity index (χ3v) is 3.12. The number of carbonyl (C=O) groups excluding carboxylic acids is 1. The molecule has 5 nitrogen and oxygen atoms in total. The molecule has 5 heteroatoms. The molecular formula is C19H32O5. The zero-order valence-electron chi connectivity index (χ0n) is 15.2. The molecule has 24 heavy (non-hydrogen) atoms. The predicted molar refractivity (Wildman–Crippen MR) is 95.8 cm³/mol. The smallest absolute Gasteiger partial charge is 0.333 e. The highest BCUT2D eigenvalue weighted by Gasteiger charge is 2.01. The molecular weight excluding hydrogens is 308 g/mol. The van der Waals surface area contributed by atoms with Crippen LogP contribution in [0.5, 0.6) is 0 Å². The van der Waals surface area contributed by atoms with Gasteiger partial charge in [-0.15, -0.1) is 0 Å². The number of rotatable bonds is 16. The molecule has 0 N–H and O–H groups in total. The van der Waals surface area contributed by atoms with Crippen molar-refractivity contribution in [1.29, 1.82) is 0 Å². The molecule has 0 spiro atoms. The van der Waals surface area contributed by atoms with Gasteiger partial charge in [0, 0.05) is 18.8 Å². The molecule has 0 unspecified atom stereocenters. The molecule has 0 saturated carbocycles. The van der Waals surface area contributed by atoms with Crippen molar-refractivity contribution in [2.75, 3.05) is 39.6 Å². The lowest BCUT2D eigenvalue weighted by atomic mass is 10.2. The summed E-state index contributed by atoms with van der Waals surface area (Å²) in [5.41, 5.74) is 1.25. The third kappa shape index (κ3) is 14.0. The molecule has 0 heterocycles. The van der Waals surface area contributed by atoms with Crippen LogP contribution in [0.15, 0.2) is 36.6 Å². The third-order valence-electron chi connectivity index (χ3n) is 3.12. The first-order valence-electron chi connectivity index (χ1n) is 8.41. The highest BCUT2D eigenvalue weighted by molar-refractivity contribution is 5.86. The summed E-state index contributed by atoms with van der Waals surface area (Å²) in [5.74, 6) is 0.251. The Balaban J connectivity index is 3.18. The Morgan fingerprint density at radius 1 is 0.667 bits per heavy atom. The van der Waals surface area contributed by atoms with Crippen molar-refractivity contribution in [2.45, 2.75) is 39.5 Å². The van der Waals surface area contributed by atoms with Crippen molar-refractivity contribution in [1.82, 2.24) is 0 Å². The van der Waals surface area contributed by atoms with E-state index in [1.807, 2.05) is 6.92 Å². The quantitative estimate of drug-likeness (QED) is 0.141. The SMILES string of the molecule is C=C(C)C(=C)OCCOCCCCCCOCCOC(=O)C(=C)C. The van der Waals surface area contributed by atoms with Crippen LogP contribution in [0.3, 0.4) is 0 Å². The summed E-state index contributed by atoms with van der Waals surface area (Å²) in [5, 5.41) is 0. The van der Waals surface area contributed by atoms with Gasteiger partial charge in [-0.25, -0.2) is 4.79 Å². The van der Waals surface area contributed by atoms with Crippen LogP contribution in [-0.2, 0) is 23.7 Å². The van der Waals surface area contributed by atoms with E-state index >= 15 is 0 Å². The Morgan fingerprint density at radius 3 is 1.62 bits per heavy atom. The fourth-order valence-corrected chi connectivity index (χ4v) is 1.63. The molecule has 0 saturated heterocycles. The van der Waals surface area contributed by atoms with Crippen LogP contribution in [0, 0.1) is 0 Å². The van der Waals surface area contributed by atoms with Crippen LogP contribution in [0.1, 0.15) is 39.5 Å². The normalized spacial score (nSPS) is 10.2. The van der Waals surface area contributed by atoms with Gasteiger partial charge in [-0.1, -0.05) is 32.6 Å². The molecule has 0 aromatic heterocycles. The van der Waals surface area contributed by atoms with Gasteiger partial charge in [0.05, 0.1) is 13.2 Å². The van der Waals surface area contributed by atoms with Gasteiger partial charge in [0.25, 0.3) is 0 Å². The summed E-state index contributed by atoms with van der Waals surface area (Å²) in [6, 6.07) is 0. The van der Waals surface area contributed by atoms with E-state index in [0.717, 1.165) is 37.9 Å². The molecule has 0 aliphatic rings. The number of esters is 1. The molecule has 0 radical (unpaired) electrons. The van der Waals surface area contributed by atoms with E-state index in [9.17, 15) is 4.79 Å². The summed E-state index contributed by atoms with van der Waals surface area (Å²) in [6.45, 7) is 17.7. The van der Waals surface area contributed by atoms with Gasteiger partial charge in [0.1, 0.15) is 19.0 Å². The minimum Gasteiger partial charge on any atom is -0.492 e. The molecule has 0 aromatic rings. The number of hydrogen-bond acceptors (Lipinski definition) is 5. The van der Waals surface area contributed by atoms with Crippen molar-refractivity contribution in [2.24, 2.45) is 0 Å². The first-order valence-corrected chi connectivity index (χ1v) is 8.41. The van der Waals surface area contributed by atoms with Crippen LogP contribution in [0.25, 0.3) is 0 Å². The highest BCUT2D eigenvalue weighted by Crippen LogP contribution is 2.05. The molecule has 0 aliphatic carbocycles. The fraction of sp³-hybridized carbons (Fsp3) is 0.632. The van der Waals surface area contributed by atoms with E-state index in [2.05, 4.69) is 19.7 Å². The van der Waals surface area contributed by atoms with Crippen molar-refractivity contribution in [3.63, 3.8) is 0 Å². The lowest BCUT2D eigenvalue weighted by Gasteiger charge is -2.09. The van der Waals surface area contributed by atoms with E-state index in [4.69, 9.17) is 18.9 Å². The van der Waals surface area contributed by atoms with E-state index in [1.165, 1.54) is 0 Å². The average Bonchev–Trinajstić information content (AvgIpc) is 2.54. The second kappa shape index (κ2) is 15.0. The van der Waals surface area contributed by atoms with Crippen molar-refractivity contribution < 1.29 is 23.7 Å². The second-order valence-corrected chi connectivity index (χ2v) is 5.61. The van der Waals surface area contributed by atoms with Gasteiger partial charge in [-0.2, -0.15) is 0 Å². The Labute approximate surface area is 146 Å². The minimum atomic E-state index is -0.368. The molecule has 0 aliphatic heterocycles. The van der Waals surface area contributed by atoms with E-state index in [1.54, 1.807) is 6.92 Å². The van der Waals surface area contributed by atoms with Crippen molar-refractivity contribution in [3.05, 3.63) is 36.6 Å².